The zero-order chi connectivity index (χ0) is 57.7. The van der Waals surface area contributed by atoms with E-state index in [4.69, 9.17) is 0 Å². The summed E-state index contributed by atoms with van der Waals surface area (Å²) in [5.74, 6) is -2.05. The Morgan fingerprint density at radius 3 is 1.87 bits per heavy atom. The third-order valence-corrected chi connectivity index (χ3v) is 17.7. The highest BCUT2D eigenvalue weighted by Crippen LogP contribution is 2.52. The molecule has 1 aliphatic carbocycles. The van der Waals surface area contributed by atoms with Crippen LogP contribution in [-0.2, 0) is 65.7 Å². The van der Waals surface area contributed by atoms with Gasteiger partial charge in [0.2, 0.25) is 11.6 Å². The fourth-order valence-corrected chi connectivity index (χ4v) is 12.5. The SMILES string of the molecule is CC1(CCCCS(=O)(=O)O)C(/C=C/C=C/C=C/C=C2/N(CCCCCC(=O)NCCN3C(=O)C=CC3=O)c3ccc(S(=O)(=O)O)cc3C2(C)CCCCS(=O)(=O)O)=[N+](CCCC2=C/C=C\C=C/C=C\2)c2ccc(S(=O)(=O)O)cc21. The van der Waals surface area contributed by atoms with Crippen molar-refractivity contribution >= 4 is 75.3 Å². The molecule has 4 aliphatic rings. The number of benzene rings is 2. The molecule has 5 N–H and O–H groups in total. The number of carbonyl (C=O) groups is 3. The Balaban J connectivity index is 1.28. The molecule has 79 heavy (non-hydrogen) atoms. The molecule has 0 radical (unpaired) electrons. The summed E-state index contributed by atoms with van der Waals surface area (Å²) in [6.45, 7) is 4.93. The molecule has 3 heterocycles. The molecule has 0 saturated heterocycles. The number of hydrogen-bond donors (Lipinski definition) is 5. The van der Waals surface area contributed by atoms with Crippen LogP contribution in [0.5, 0.6) is 0 Å². The van der Waals surface area contributed by atoms with Crippen LogP contribution in [0.2, 0.25) is 0 Å². The lowest BCUT2D eigenvalue weighted by atomic mass is 9.75. The number of nitrogens with zero attached hydrogens (tertiary/aromatic N) is 3. The van der Waals surface area contributed by atoms with E-state index in [9.17, 15) is 66.3 Å². The second kappa shape index (κ2) is 26.9. The first kappa shape index (κ1) is 62.0. The van der Waals surface area contributed by atoms with Crippen LogP contribution in [0.3, 0.4) is 0 Å². The van der Waals surface area contributed by atoms with Crippen LogP contribution in [0, 0.1) is 0 Å². The van der Waals surface area contributed by atoms with Gasteiger partial charge in [0.15, 0.2) is 5.71 Å². The highest BCUT2D eigenvalue weighted by atomic mass is 32.2. The minimum absolute atomic E-state index is 0.0484. The first-order valence-electron chi connectivity index (χ1n) is 26.0. The van der Waals surface area contributed by atoms with Crippen LogP contribution < -0.4 is 10.2 Å². The zero-order valence-corrected chi connectivity index (χ0v) is 47.4. The molecule has 23 heteroatoms. The quantitative estimate of drug-likeness (QED) is 0.0170. The Labute approximate surface area is 463 Å². The van der Waals surface area contributed by atoms with Crippen molar-refractivity contribution in [1.29, 1.82) is 0 Å². The molecular weight excluding hydrogens is 1100 g/mol. The fourth-order valence-electron chi connectivity index (χ4n) is 10.4. The fraction of sp³-hybridized carbons (Fsp3) is 0.393. The van der Waals surface area contributed by atoms with E-state index in [0.29, 0.717) is 87.7 Å². The summed E-state index contributed by atoms with van der Waals surface area (Å²) < 4.78 is 138. The lowest BCUT2D eigenvalue weighted by Gasteiger charge is -2.30. The average Bonchev–Trinajstić information content (AvgIpc) is 3.74. The monoisotopic (exact) mass is 1170 g/mol. The number of fused-ring (bicyclic) bond motifs is 2. The Hall–Kier alpha value is -6.18. The van der Waals surface area contributed by atoms with Gasteiger partial charge in [0.05, 0.1) is 26.7 Å². The van der Waals surface area contributed by atoms with Crippen LogP contribution in [-0.4, -0.2) is 122 Å². The minimum Gasteiger partial charge on any atom is -0.354 e. The van der Waals surface area contributed by atoms with Crippen molar-refractivity contribution in [2.75, 3.05) is 42.6 Å². The molecule has 0 saturated carbocycles. The molecule has 2 atom stereocenters. The van der Waals surface area contributed by atoms with Gasteiger partial charge in [-0.05, 0) is 106 Å². The first-order valence-corrected chi connectivity index (χ1v) is 32.1. The van der Waals surface area contributed by atoms with Gasteiger partial charge < -0.3 is 10.2 Å². The van der Waals surface area contributed by atoms with Gasteiger partial charge in [-0.25, -0.2) is 0 Å². The molecule has 19 nitrogen and oxygen atoms in total. The number of imide groups is 1. The van der Waals surface area contributed by atoms with Crippen molar-refractivity contribution in [3.8, 4) is 0 Å². The minimum atomic E-state index is -4.63. The molecule has 2 aromatic rings. The van der Waals surface area contributed by atoms with Crippen LogP contribution >= 0.6 is 0 Å². The lowest BCUT2D eigenvalue weighted by molar-refractivity contribution is -0.438. The number of anilines is 1. The first-order chi connectivity index (χ1) is 37.2. The molecule has 2 unspecified atom stereocenters. The number of carbonyl (C=O) groups excluding carboxylic acids is 3. The second-order valence-electron chi connectivity index (χ2n) is 20.1. The summed E-state index contributed by atoms with van der Waals surface area (Å²) in [6, 6.07) is 8.79. The summed E-state index contributed by atoms with van der Waals surface area (Å²) in [5, 5.41) is 2.74. The molecule has 3 aliphatic heterocycles. The average molecular weight is 1170 g/mol. The molecule has 6 rings (SSSR count). The molecule has 3 amide bonds. The Morgan fingerprint density at radius 2 is 1.22 bits per heavy atom. The van der Waals surface area contributed by atoms with Crippen LogP contribution in [0.25, 0.3) is 0 Å². The van der Waals surface area contributed by atoms with E-state index in [0.717, 1.165) is 27.6 Å². The Morgan fingerprint density at radius 1 is 0.620 bits per heavy atom. The molecular formula is C56H69N4O15S4+. The summed E-state index contributed by atoms with van der Waals surface area (Å²) in [6.07, 6.45) is 33.8. The van der Waals surface area contributed by atoms with E-state index in [1.165, 1.54) is 36.4 Å². The topological polar surface area (TPSA) is 290 Å². The zero-order valence-electron chi connectivity index (χ0n) is 44.2. The molecule has 0 aromatic heterocycles. The Kier molecular flexibility index (Phi) is 21.1. The molecule has 426 valence electrons. The summed E-state index contributed by atoms with van der Waals surface area (Å²) in [5.41, 5.74) is 3.42. The predicted molar refractivity (Wildman–Crippen MR) is 302 cm³/mol. The van der Waals surface area contributed by atoms with Crippen LogP contribution in [0.15, 0.2) is 155 Å². The van der Waals surface area contributed by atoms with E-state index in [1.807, 2.05) is 79.5 Å². The van der Waals surface area contributed by atoms with E-state index in [2.05, 4.69) is 9.89 Å². The van der Waals surface area contributed by atoms with Gasteiger partial charge in [-0.2, -0.15) is 38.2 Å². The van der Waals surface area contributed by atoms with Crippen molar-refractivity contribution in [2.45, 2.75) is 112 Å². The van der Waals surface area contributed by atoms with Crippen molar-refractivity contribution < 1.29 is 70.8 Å². The van der Waals surface area contributed by atoms with Gasteiger partial charge in [0.25, 0.3) is 52.3 Å². The van der Waals surface area contributed by atoms with Crippen LogP contribution in [0.1, 0.15) is 102 Å². The van der Waals surface area contributed by atoms with Crippen molar-refractivity contribution in [2.24, 2.45) is 0 Å². The number of unbranched alkanes of at least 4 members (excludes halogenated alkanes) is 4. The number of rotatable bonds is 29. The maximum absolute atomic E-state index is 12.7. The van der Waals surface area contributed by atoms with Gasteiger partial charge >= 0.3 is 0 Å². The van der Waals surface area contributed by atoms with Crippen molar-refractivity contribution in [1.82, 2.24) is 10.2 Å². The predicted octanol–water partition coefficient (Wildman–Crippen LogP) is 7.97. The van der Waals surface area contributed by atoms with E-state index in [1.54, 1.807) is 36.4 Å². The lowest BCUT2D eigenvalue weighted by Crippen LogP contribution is -2.38. The molecule has 0 bridgehead atoms. The van der Waals surface area contributed by atoms with E-state index >= 15 is 0 Å². The standard InChI is InChI=1S/C56H68N4O15S4/c1-55(33-15-18-39-76(64,65)66)46-41-44(78(70,71)72)27-29-48(46)58(36-17-9-14-26-52(61)57-35-38-60-53(62)31-32-54(60)63)50(55)24-12-7-4-8-13-25-51-56(2,34-16-19-40-77(67,68)69)47-42-45(79(73,74)75)28-30-49(47)59(51)37-20-23-43-21-10-5-3-6-11-22-43/h3-8,10-13,21-22,24-25,27-32,41-42H,9,14-20,23,26,33-40H2,1-2H3,(H4-,57,61,64,65,66,67,68,69,70,71,72,73,74,75)/p+1/b5-3-,6-3?,10-5?,11-6-,21-10-,22-11?,43-21?,43-22+. The largest absolute Gasteiger partial charge is 0.354 e. The number of hydrogen-bond acceptors (Lipinski definition) is 12. The molecule has 0 spiro atoms. The molecule has 2 aromatic carbocycles. The highest BCUT2D eigenvalue weighted by Gasteiger charge is 2.48. The highest BCUT2D eigenvalue weighted by molar-refractivity contribution is 7.86. The molecule has 0 fully saturated rings. The van der Waals surface area contributed by atoms with Gasteiger partial charge in [0.1, 0.15) is 6.54 Å². The third kappa shape index (κ3) is 17.2. The maximum Gasteiger partial charge on any atom is 0.294 e. The van der Waals surface area contributed by atoms with E-state index in [-0.39, 0.29) is 48.1 Å². The normalized spacial score (nSPS) is 22.1. The smallest absolute Gasteiger partial charge is 0.294 e. The Bertz CT molecular complexity index is 3420. The summed E-state index contributed by atoms with van der Waals surface area (Å²) >= 11 is 0. The van der Waals surface area contributed by atoms with Gasteiger partial charge in [-0.3, -0.25) is 37.5 Å². The maximum atomic E-state index is 12.7. The van der Waals surface area contributed by atoms with Gasteiger partial charge in [-0.15, -0.1) is 0 Å². The van der Waals surface area contributed by atoms with Crippen molar-refractivity contribution in [3.63, 3.8) is 0 Å². The summed E-state index contributed by atoms with van der Waals surface area (Å²) in [7, 11) is -17.7. The third-order valence-electron chi connectivity index (χ3n) is 14.4. The van der Waals surface area contributed by atoms with E-state index < -0.39 is 74.6 Å². The van der Waals surface area contributed by atoms with Crippen LogP contribution in [0.4, 0.5) is 11.4 Å². The number of allylic oxidation sites excluding steroid dienone is 16. The second-order valence-corrected chi connectivity index (χ2v) is 26.1. The number of nitrogens with one attached hydrogen (secondary N) is 1. The van der Waals surface area contributed by atoms with Gasteiger partial charge in [0, 0.05) is 79.1 Å². The van der Waals surface area contributed by atoms with Gasteiger partial charge in [-0.1, -0.05) is 92.2 Å². The number of amides is 3. The summed E-state index contributed by atoms with van der Waals surface area (Å²) in [4.78, 5) is 38.8. The van der Waals surface area contributed by atoms with Crippen molar-refractivity contribution in [3.05, 3.63) is 156 Å².